The van der Waals surface area contributed by atoms with E-state index in [4.69, 9.17) is 19.3 Å². The van der Waals surface area contributed by atoms with Gasteiger partial charge in [-0.05, 0) is 35.1 Å². The SMILES string of the molecule is O=C(O)COC1CN(C(=O)C2CCC(CNC(=O)OCC3c4ccccc4-c4ccccc43)O2)C1. The van der Waals surface area contributed by atoms with Gasteiger partial charge < -0.3 is 29.5 Å². The summed E-state index contributed by atoms with van der Waals surface area (Å²) in [6.45, 7) is 0.886. The van der Waals surface area contributed by atoms with E-state index in [0.29, 0.717) is 25.9 Å². The van der Waals surface area contributed by atoms with Gasteiger partial charge in [-0.25, -0.2) is 9.59 Å². The van der Waals surface area contributed by atoms with Crippen molar-refractivity contribution in [1.29, 1.82) is 0 Å². The van der Waals surface area contributed by atoms with E-state index in [1.165, 1.54) is 11.1 Å². The Morgan fingerprint density at radius 2 is 1.66 bits per heavy atom. The summed E-state index contributed by atoms with van der Waals surface area (Å²) in [4.78, 5) is 37.1. The molecule has 0 aromatic heterocycles. The Morgan fingerprint density at radius 3 is 2.31 bits per heavy atom. The van der Waals surface area contributed by atoms with Gasteiger partial charge in [0, 0.05) is 25.6 Å². The highest BCUT2D eigenvalue weighted by Crippen LogP contribution is 2.44. The van der Waals surface area contributed by atoms with Crippen LogP contribution in [0, 0.1) is 0 Å². The average molecular weight is 481 g/mol. The van der Waals surface area contributed by atoms with Crippen molar-refractivity contribution in [3.05, 3.63) is 59.7 Å². The average Bonchev–Trinajstić information content (AvgIpc) is 3.43. The van der Waals surface area contributed by atoms with Crippen LogP contribution in [0.4, 0.5) is 4.79 Å². The molecule has 2 atom stereocenters. The number of likely N-dealkylation sites (tertiary alicyclic amines) is 1. The number of ether oxygens (including phenoxy) is 3. The Bertz CT molecular complexity index is 1070. The molecule has 2 heterocycles. The van der Waals surface area contributed by atoms with Crippen molar-refractivity contribution in [2.75, 3.05) is 32.8 Å². The normalized spacial score (nSPS) is 21.2. The molecule has 35 heavy (non-hydrogen) atoms. The van der Waals surface area contributed by atoms with Crippen LogP contribution >= 0.6 is 0 Å². The van der Waals surface area contributed by atoms with Crippen LogP contribution in [0.25, 0.3) is 11.1 Å². The molecular weight excluding hydrogens is 452 g/mol. The minimum Gasteiger partial charge on any atom is -0.480 e. The number of benzene rings is 2. The smallest absolute Gasteiger partial charge is 0.407 e. The molecule has 2 aromatic rings. The van der Waals surface area contributed by atoms with Crippen LogP contribution in [0.2, 0.25) is 0 Å². The Hall–Kier alpha value is -3.43. The first-order valence-corrected chi connectivity index (χ1v) is 11.9. The summed E-state index contributed by atoms with van der Waals surface area (Å²) in [5, 5.41) is 11.4. The van der Waals surface area contributed by atoms with Gasteiger partial charge >= 0.3 is 12.1 Å². The van der Waals surface area contributed by atoms with Crippen molar-refractivity contribution in [3.8, 4) is 11.1 Å². The number of nitrogens with zero attached hydrogens (tertiary/aromatic N) is 1. The number of rotatable bonds is 8. The molecule has 0 radical (unpaired) electrons. The fraction of sp³-hybridized carbons (Fsp3) is 0.423. The van der Waals surface area contributed by atoms with Crippen LogP contribution < -0.4 is 5.32 Å². The number of hydrogen-bond acceptors (Lipinski definition) is 6. The summed E-state index contributed by atoms with van der Waals surface area (Å²) >= 11 is 0. The van der Waals surface area contributed by atoms with Gasteiger partial charge in [0.25, 0.3) is 5.91 Å². The Labute approximate surface area is 203 Å². The first-order chi connectivity index (χ1) is 17.0. The summed E-state index contributed by atoms with van der Waals surface area (Å²) in [7, 11) is 0. The molecule has 9 nitrogen and oxygen atoms in total. The van der Waals surface area contributed by atoms with Crippen LogP contribution in [-0.2, 0) is 23.8 Å². The molecule has 2 amide bonds. The zero-order valence-corrected chi connectivity index (χ0v) is 19.2. The van der Waals surface area contributed by atoms with Gasteiger partial charge in [-0.1, -0.05) is 48.5 Å². The Morgan fingerprint density at radius 1 is 1.00 bits per heavy atom. The monoisotopic (exact) mass is 480 g/mol. The number of carboxylic acid groups (broad SMARTS) is 1. The third-order valence-corrected chi connectivity index (χ3v) is 6.80. The number of nitrogens with one attached hydrogen (secondary N) is 1. The largest absolute Gasteiger partial charge is 0.480 e. The lowest BCUT2D eigenvalue weighted by Crippen LogP contribution is -2.57. The molecule has 0 spiro atoms. The van der Waals surface area contributed by atoms with Crippen molar-refractivity contribution in [3.63, 3.8) is 0 Å². The van der Waals surface area contributed by atoms with Crippen molar-refractivity contribution in [2.24, 2.45) is 0 Å². The molecule has 2 saturated heterocycles. The fourth-order valence-electron chi connectivity index (χ4n) is 5.00. The maximum Gasteiger partial charge on any atom is 0.407 e. The van der Waals surface area contributed by atoms with Gasteiger partial charge in [-0.2, -0.15) is 0 Å². The molecule has 2 aliphatic heterocycles. The predicted octanol–water partition coefficient (Wildman–Crippen LogP) is 2.38. The lowest BCUT2D eigenvalue weighted by atomic mass is 9.98. The van der Waals surface area contributed by atoms with E-state index in [0.717, 1.165) is 11.1 Å². The fourth-order valence-corrected chi connectivity index (χ4v) is 5.00. The second-order valence-corrected chi connectivity index (χ2v) is 9.10. The Kier molecular flexibility index (Phi) is 6.70. The Balaban J connectivity index is 1.05. The second-order valence-electron chi connectivity index (χ2n) is 9.10. The highest BCUT2D eigenvalue weighted by Gasteiger charge is 2.39. The quantitative estimate of drug-likeness (QED) is 0.596. The van der Waals surface area contributed by atoms with Crippen LogP contribution in [0.5, 0.6) is 0 Å². The molecule has 9 heteroatoms. The molecule has 2 aromatic carbocycles. The van der Waals surface area contributed by atoms with E-state index in [-0.39, 0.29) is 43.8 Å². The molecule has 2 unspecified atom stereocenters. The molecule has 184 valence electrons. The van der Waals surface area contributed by atoms with E-state index < -0.39 is 18.2 Å². The standard InChI is InChI=1S/C26H28N2O7/c29-24(30)15-33-17-12-28(13-17)25(31)23-10-9-16(35-23)11-27-26(32)34-14-22-20-7-3-1-5-18(20)19-6-2-4-8-21(19)22/h1-8,16-17,22-23H,9-15H2,(H,27,32)(H,29,30). The van der Waals surface area contributed by atoms with Gasteiger partial charge in [-0.3, -0.25) is 4.79 Å². The lowest BCUT2D eigenvalue weighted by Gasteiger charge is -2.39. The molecule has 0 saturated carbocycles. The van der Waals surface area contributed by atoms with E-state index in [1.807, 2.05) is 24.3 Å². The lowest BCUT2D eigenvalue weighted by molar-refractivity contribution is -0.160. The van der Waals surface area contributed by atoms with Gasteiger partial charge in [0.05, 0.1) is 12.2 Å². The van der Waals surface area contributed by atoms with Crippen molar-refractivity contribution in [2.45, 2.75) is 37.1 Å². The van der Waals surface area contributed by atoms with Crippen LogP contribution in [0.3, 0.4) is 0 Å². The highest BCUT2D eigenvalue weighted by atomic mass is 16.6. The van der Waals surface area contributed by atoms with Gasteiger partial charge in [-0.15, -0.1) is 0 Å². The zero-order valence-electron chi connectivity index (χ0n) is 19.2. The summed E-state index contributed by atoms with van der Waals surface area (Å²) in [6, 6.07) is 16.3. The van der Waals surface area contributed by atoms with Crippen LogP contribution in [0.15, 0.2) is 48.5 Å². The second kappa shape index (κ2) is 10.1. The third-order valence-electron chi connectivity index (χ3n) is 6.80. The van der Waals surface area contributed by atoms with E-state index in [2.05, 4.69) is 29.6 Å². The number of amides is 2. The highest BCUT2D eigenvalue weighted by molar-refractivity contribution is 5.82. The number of carbonyl (C=O) groups is 3. The summed E-state index contributed by atoms with van der Waals surface area (Å²) in [5.74, 6) is -1.15. The number of carboxylic acids is 1. The molecule has 1 aliphatic carbocycles. The predicted molar refractivity (Wildman–Crippen MR) is 125 cm³/mol. The minimum atomic E-state index is -1.03. The number of fused-ring (bicyclic) bond motifs is 3. The number of aliphatic carboxylic acids is 1. The summed E-state index contributed by atoms with van der Waals surface area (Å²) in [5.41, 5.74) is 4.66. The van der Waals surface area contributed by atoms with Crippen molar-refractivity contribution >= 4 is 18.0 Å². The number of hydrogen-bond donors (Lipinski definition) is 2. The van der Waals surface area contributed by atoms with Crippen LogP contribution in [-0.4, -0.2) is 79.1 Å². The molecule has 5 rings (SSSR count). The topological polar surface area (TPSA) is 114 Å². The van der Waals surface area contributed by atoms with Crippen molar-refractivity contribution in [1.82, 2.24) is 10.2 Å². The maximum atomic E-state index is 12.6. The minimum absolute atomic E-state index is 0.00212. The van der Waals surface area contributed by atoms with E-state index in [1.54, 1.807) is 4.90 Å². The van der Waals surface area contributed by atoms with Crippen LogP contribution in [0.1, 0.15) is 29.9 Å². The third kappa shape index (κ3) is 5.01. The van der Waals surface area contributed by atoms with Crippen molar-refractivity contribution < 1.29 is 33.7 Å². The number of carbonyl (C=O) groups excluding carboxylic acids is 2. The summed E-state index contributed by atoms with van der Waals surface area (Å²) < 4.78 is 16.6. The summed E-state index contributed by atoms with van der Waals surface area (Å²) in [6.07, 6.45) is -0.330. The van der Waals surface area contributed by atoms with Gasteiger partial charge in [0.1, 0.15) is 19.3 Å². The molecule has 2 fully saturated rings. The van der Waals surface area contributed by atoms with E-state index >= 15 is 0 Å². The zero-order chi connectivity index (χ0) is 24.4. The maximum absolute atomic E-state index is 12.6. The molecule has 0 bridgehead atoms. The first kappa shape index (κ1) is 23.3. The first-order valence-electron chi connectivity index (χ1n) is 11.9. The molecule has 2 N–H and O–H groups in total. The van der Waals surface area contributed by atoms with Gasteiger partial charge in [0.15, 0.2) is 0 Å². The molecular formula is C26H28N2O7. The van der Waals surface area contributed by atoms with Gasteiger partial charge in [0.2, 0.25) is 0 Å². The molecule has 3 aliphatic rings. The van der Waals surface area contributed by atoms with E-state index in [9.17, 15) is 14.4 Å². The number of alkyl carbamates (subject to hydrolysis) is 1.